The van der Waals surface area contributed by atoms with Crippen LogP contribution >= 0.6 is 12.2 Å². The van der Waals surface area contributed by atoms with E-state index in [1.807, 2.05) is 0 Å². The van der Waals surface area contributed by atoms with Gasteiger partial charge in [0.25, 0.3) is 5.91 Å². The third kappa shape index (κ3) is 2.99. The maximum atomic E-state index is 13.2. The molecule has 0 spiro atoms. The van der Waals surface area contributed by atoms with Gasteiger partial charge in [-0.2, -0.15) is 0 Å². The summed E-state index contributed by atoms with van der Waals surface area (Å²) in [5, 5.41) is 6.45. The van der Waals surface area contributed by atoms with Gasteiger partial charge in [0.2, 0.25) is 0 Å². The highest BCUT2D eigenvalue weighted by molar-refractivity contribution is 7.80. The predicted octanol–water partition coefficient (Wildman–Crippen LogP) is 3.25. The van der Waals surface area contributed by atoms with Crippen LogP contribution in [-0.2, 0) is 0 Å². The van der Waals surface area contributed by atoms with Crippen LogP contribution < -0.4 is 10.6 Å². The van der Waals surface area contributed by atoms with Crippen LogP contribution in [0.2, 0.25) is 0 Å². The second kappa shape index (κ2) is 5.86. The zero-order chi connectivity index (χ0) is 16.0. The van der Waals surface area contributed by atoms with E-state index < -0.39 is 5.82 Å². The number of amides is 1. The van der Waals surface area contributed by atoms with Crippen LogP contribution in [0, 0.1) is 29.5 Å². The van der Waals surface area contributed by atoms with Crippen molar-refractivity contribution in [1.82, 2.24) is 10.6 Å². The van der Waals surface area contributed by atoms with Crippen LogP contribution in [0.5, 0.6) is 0 Å². The average Bonchev–Trinajstić information content (AvgIpc) is 2.50. The molecule has 1 aromatic carbocycles. The number of benzene rings is 1. The molecule has 0 heterocycles. The molecule has 1 aromatic rings. The van der Waals surface area contributed by atoms with Gasteiger partial charge in [-0.05, 0) is 86.2 Å². The Labute approximate surface area is 141 Å². The molecule has 0 atom stereocenters. The summed E-state index contributed by atoms with van der Waals surface area (Å²) in [4.78, 5) is 12.1. The van der Waals surface area contributed by atoms with Crippen molar-refractivity contribution < 1.29 is 9.18 Å². The number of rotatable bonds is 2. The first-order valence-electron chi connectivity index (χ1n) is 8.46. The molecule has 4 fully saturated rings. The van der Waals surface area contributed by atoms with E-state index in [2.05, 4.69) is 10.6 Å². The monoisotopic (exact) mass is 332 g/mol. The van der Waals surface area contributed by atoms with Gasteiger partial charge in [-0.1, -0.05) is 6.07 Å². The van der Waals surface area contributed by atoms with Gasteiger partial charge in [0, 0.05) is 11.6 Å². The summed E-state index contributed by atoms with van der Waals surface area (Å²) in [7, 11) is 0. The van der Waals surface area contributed by atoms with Crippen molar-refractivity contribution in [2.75, 3.05) is 0 Å². The van der Waals surface area contributed by atoms with Gasteiger partial charge in [0.05, 0.1) is 0 Å². The SMILES string of the molecule is O=C(NC(=S)NC1C2CC3CC(C2)CC1C3)c1cccc(F)c1. The minimum absolute atomic E-state index is 0.291. The van der Waals surface area contributed by atoms with E-state index in [4.69, 9.17) is 12.2 Å². The summed E-state index contributed by atoms with van der Waals surface area (Å²) in [6.45, 7) is 0. The molecule has 122 valence electrons. The highest BCUT2D eigenvalue weighted by Crippen LogP contribution is 2.53. The highest BCUT2D eigenvalue weighted by Gasteiger charge is 2.48. The molecule has 4 bridgehead atoms. The van der Waals surface area contributed by atoms with Crippen LogP contribution in [0.25, 0.3) is 0 Å². The van der Waals surface area contributed by atoms with Gasteiger partial charge < -0.3 is 5.32 Å². The Morgan fingerprint density at radius 1 is 1.09 bits per heavy atom. The Balaban J connectivity index is 1.38. The number of halogens is 1. The number of hydrogen-bond acceptors (Lipinski definition) is 2. The van der Waals surface area contributed by atoms with Crippen LogP contribution in [0.1, 0.15) is 42.5 Å². The molecule has 23 heavy (non-hydrogen) atoms. The van der Waals surface area contributed by atoms with E-state index >= 15 is 0 Å². The molecule has 5 heteroatoms. The van der Waals surface area contributed by atoms with Crippen molar-refractivity contribution >= 4 is 23.2 Å². The van der Waals surface area contributed by atoms with Crippen molar-refractivity contribution in [3.05, 3.63) is 35.6 Å². The molecule has 0 saturated heterocycles. The molecule has 3 nitrogen and oxygen atoms in total. The molecule has 2 N–H and O–H groups in total. The largest absolute Gasteiger partial charge is 0.359 e. The molecule has 4 saturated carbocycles. The van der Waals surface area contributed by atoms with Gasteiger partial charge in [0.1, 0.15) is 5.82 Å². The number of nitrogens with one attached hydrogen (secondary N) is 2. The van der Waals surface area contributed by atoms with Crippen molar-refractivity contribution in [1.29, 1.82) is 0 Å². The second-order valence-corrected chi connectivity index (χ2v) is 7.80. The first-order valence-corrected chi connectivity index (χ1v) is 8.86. The summed E-state index contributed by atoms with van der Waals surface area (Å²) < 4.78 is 13.2. The zero-order valence-electron chi connectivity index (χ0n) is 12.9. The summed E-state index contributed by atoms with van der Waals surface area (Å²) in [6, 6.07) is 6.05. The third-order valence-electron chi connectivity index (χ3n) is 5.84. The van der Waals surface area contributed by atoms with E-state index in [0.717, 1.165) is 11.8 Å². The van der Waals surface area contributed by atoms with E-state index in [1.54, 1.807) is 6.07 Å². The summed E-state index contributed by atoms with van der Waals surface area (Å²) >= 11 is 5.33. The van der Waals surface area contributed by atoms with Gasteiger partial charge in [0.15, 0.2) is 5.11 Å². The van der Waals surface area contributed by atoms with Crippen molar-refractivity contribution in [2.45, 2.75) is 38.1 Å². The standard InChI is InChI=1S/C18H21FN2OS/c19-15-3-1-2-12(9-15)17(22)21-18(23)20-16-13-5-10-4-11(7-13)8-14(16)6-10/h1-3,9-11,13-14,16H,4-8H2,(H2,20,21,22,23). The predicted molar refractivity (Wildman–Crippen MR) is 90.4 cm³/mol. The lowest BCUT2D eigenvalue weighted by molar-refractivity contribution is -0.00692. The summed E-state index contributed by atoms with van der Waals surface area (Å²) in [5.41, 5.74) is 0.291. The first-order chi connectivity index (χ1) is 11.1. The smallest absolute Gasteiger partial charge is 0.257 e. The first kappa shape index (κ1) is 15.1. The average molecular weight is 332 g/mol. The molecule has 0 aromatic heterocycles. The van der Waals surface area contributed by atoms with Crippen molar-refractivity contribution in [2.24, 2.45) is 23.7 Å². The van der Waals surface area contributed by atoms with E-state index in [1.165, 1.54) is 50.3 Å². The third-order valence-corrected chi connectivity index (χ3v) is 6.06. The van der Waals surface area contributed by atoms with Crippen LogP contribution in [-0.4, -0.2) is 17.1 Å². The minimum Gasteiger partial charge on any atom is -0.359 e. The molecule has 5 rings (SSSR count). The number of hydrogen-bond donors (Lipinski definition) is 2. The fourth-order valence-corrected chi connectivity index (χ4v) is 5.38. The Kier molecular flexibility index (Phi) is 3.84. The minimum atomic E-state index is -0.419. The maximum Gasteiger partial charge on any atom is 0.257 e. The Morgan fingerprint density at radius 2 is 1.74 bits per heavy atom. The molecule has 0 unspecified atom stereocenters. The molecule has 4 aliphatic carbocycles. The summed E-state index contributed by atoms with van der Waals surface area (Å²) in [5.74, 6) is 2.42. The van der Waals surface area contributed by atoms with Gasteiger partial charge in [-0.15, -0.1) is 0 Å². The number of carbonyl (C=O) groups is 1. The van der Waals surface area contributed by atoms with Crippen molar-refractivity contribution in [3.8, 4) is 0 Å². The lowest BCUT2D eigenvalue weighted by Gasteiger charge is -2.54. The Bertz CT molecular complexity index is 620. The quantitative estimate of drug-likeness (QED) is 0.817. The van der Waals surface area contributed by atoms with Gasteiger partial charge in [-0.3, -0.25) is 10.1 Å². The van der Waals surface area contributed by atoms with Crippen LogP contribution in [0.4, 0.5) is 4.39 Å². The topological polar surface area (TPSA) is 41.1 Å². The molecule has 0 aliphatic heterocycles. The van der Waals surface area contributed by atoms with Crippen molar-refractivity contribution in [3.63, 3.8) is 0 Å². The maximum absolute atomic E-state index is 13.2. The molecule has 4 aliphatic rings. The normalized spacial score (nSPS) is 34.2. The van der Waals surface area contributed by atoms with E-state index in [0.29, 0.717) is 28.6 Å². The highest BCUT2D eigenvalue weighted by atomic mass is 32.1. The number of carbonyl (C=O) groups excluding carboxylic acids is 1. The zero-order valence-corrected chi connectivity index (χ0v) is 13.7. The van der Waals surface area contributed by atoms with E-state index in [-0.39, 0.29) is 5.91 Å². The lowest BCUT2D eigenvalue weighted by atomic mass is 9.54. The van der Waals surface area contributed by atoms with Gasteiger partial charge in [-0.25, -0.2) is 4.39 Å². The molecule has 0 radical (unpaired) electrons. The molecule has 1 amide bonds. The van der Waals surface area contributed by atoms with Gasteiger partial charge >= 0.3 is 0 Å². The van der Waals surface area contributed by atoms with E-state index in [9.17, 15) is 9.18 Å². The number of thiocarbonyl (C=S) groups is 1. The summed E-state index contributed by atoms with van der Waals surface area (Å²) in [6.07, 6.45) is 6.60. The fraction of sp³-hybridized carbons (Fsp3) is 0.556. The Hall–Kier alpha value is -1.49. The second-order valence-electron chi connectivity index (χ2n) is 7.39. The van der Waals surface area contributed by atoms with Crippen LogP contribution in [0.3, 0.4) is 0 Å². The molecular formula is C18H21FN2OS. The Morgan fingerprint density at radius 3 is 2.35 bits per heavy atom. The van der Waals surface area contributed by atoms with Crippen LogP contribution in [0.15, 0.2) is 24.3 Å². The lowest BCUT2D eigenvalue weighted by Crippen LogP contribution is -2.57. The fourth-order valence-electron chi connectivity index (χ4n) is 5.15. The molecular weight excluding hydrogens is 311 g/mol.